The van der Waals surface area contributed by atoms with E-state index >= 15 is 0 Å². The lowest BCUT2D eigenvalue weighted by atomic mass is 10.0. The van der Waals surface area contributed by atoms with E-state index in [4.69, 9.17) is 9.84 Å². The summed E-state index contributed by atoms with van der Waals surface area (Å²) in [5.74, 6) is -0.922. The molecule has 0 aliphatic carbocycles. The molecule has 0 fully saturated rings. The van der Waals surface area contributed by atoms with Crippen LogP contribution < -0.4 is 10.6 Å². The smallest absolute Gasteiger partial charge is 0.314 e. The number of carboxylic acid groups (broad SMARTS) is 1. The molecule has 2 amide bonds. The van der Waals surface area contributed by atoms with Crippen LogP contribution in [0.25, 0.3) is 0 Å². The molecule has 0 bridgehead atoms. The van der Waals surface area contributed by atoms with Gasteiger partial charge in [0.1, 0.15) is 0 Å². The van der Waals surface area contributed by atoms with Gasteiger partial charge in [-0.3, -0.25) is 4.79 Å². The van der Waals surface area contributed by atoms with E-state index in [-0.39, 0.29) is 12.6 Å². The fraction of sp³-hybridized carbons (Fsp3) is 0.846. The van der Waals surface area contributed by atoms with Gasteiger partial charge in [0.05, 0.1) is 12.5 Å². The lowest BCUT2D eigenvalue weighted by molar-refractivity contribution is -0.141. The van der Waals surface area contributed by atoms with E-state index < -0.39 is 11.9 Å². The third kappa shape index (κ3) is 10.3. The van der Waals surface area contributed by atoms with Gasteiger partial charge in [-0.25, -0.2) is 4.79 Å². The molecule has 0 rings (SSSR count). The summed E-state index contributed by atoms with van der Waals surface area (Å²) in [6.45, 7) is 7.73. The molecule has 3 N–H and O–H groups in total. The number of carbonyl (C=O) groups is 2. The van der Waals surface area contributed by atoms with Crippen molar-refractivity contribution in [1.29, 1.82) is 0 Å². The van der Waals surface area contributed by atoms with E-state index in [1.54, 1.807) is 0 Å². The molecule has 0 aromatic rings. The third-order valence-corrected chi connectivity index (χ3v) is 2.48. The number of hydrogen-bond acceptors (Lipinski definition) is 3. The number of rotatable bonds is 10. The number of carbonyl (C=O) groups excluding carboxylic acids is 1. The SMILES string of the molecule is CCCC(CNC(=O)NCCOCC(C)C)C(=O)O. The summed E-state index contributed by atoms with van der Waals surface area (Å²) in [7, 11) is 0. The fourth-order valence-corrected chi connectivity index (χ4v) is 1.50. The highest BCUT2D eigenvalue weighted by Gasteiger charge is 2.16. The molecule has 0 saturated carbocycles. The number of ether oxygens (including phenoxy) is 1. The quantitative estimate of drug-likeness (QED) is 0.526. The number of hydrogen-bond donors (Lipinski definition) is 3. The van der Waals surface area contributed by atoms with Gasteiger partial charge in [-0.1, -0.05) is 27.2 Å². The van der Waals surface area contributed by atoms with Crippen molar-refractivity contribution >= 4 is 12.0 Å². The molecule has 19 heavy (non-hydrogen) atoms. The molecule has 0 spiro atoms. The van der Waals surface area contributed by atoms with Crippen LogP contribution >= 0.6 is 0 Å². The summed E-state index contributed by atoms with van der Waals surface area (Å²) in [6, 6.07) is -0.351. The molecular weight excluding hydrogens is 248 g/mol. The average molecular weight is 274 g/mol. The van der Waals surface area contributed by atoms with E-state index in [1.165, 1.54) is 0 Å². The second-order valence-electron chi connectivity index (χ2n) is 4.93. The van der Waals surface area contributed by atoms with Gasteiger partial charge in [0.2, 0.25) is 0 Å². The van der Waals surface area contributed by atoms with Crippen molar-refractivity contribution in [2.24, 2.45) is 11.8 Å². The lowest BCUT2D eigenvalue weighted by Gasteiger charge is -2.13. The van der Waals surface area contributed by atoms with Gasteiger partial charge in [0.25, 0.3) is 0 Å². The number of urea groups is 1. The van der Waals surface area contributed by atoms with Crippen molar-refractivity contribution < 1.29 is 19.4 Å². The Labute approximate surface area is 114 Å². The van der Waals surface area contributed by atoms with Crippen LogP contribution in [-0.4, -0.2) is 43.4 Å². The van der Waals surface area contributed by atoms with Gasteiger partial charge >= 0.3 is 12.0 Å². The Morgan fingerprint density at radius 2 is 1.95 bits per heavy atom. The molecule has 0 radical (unpaired) electrons. The first-order valence-corrected chi connectivity index (χ1v) is 6.79. The Morgan fingerprint density at radius 3 is 2.47 bits per heavy atom. The Balaban J connectivity index is 3.65. The second-order valence-corrected chi connectivity index (χ2v) is 4.93. The van der Waals surface area contributed by atoms with Crippen molar-refractivity contribution in [2.75, 3.05) is 26.3 Å². The minimum Gasteiger partial charge on any atom is -0.481 e. The van der Waals surface area contributed by atoms with Gasteiger partial charge in [-0.2, -0.15) is 0 Å². The maximum atomic E-state index is 11.4. The van der Waals surface area contributed by atoms with Gasteiger partial charge in [-0.15, -0.1) is 0 Å². The van der Waals surface area contributed by atoms with Crippen LogP contribution in [0.3, 0.4) is 0 Å². The zero-order chi connectivity index (χ0) is 14.7. The molecule has 0 aliphatic rings. The van der Waals surface area contributed by atoms with Crippen molar-refractivity contribution in [3.05, 3.63) is 0 Å². The van der Waals surface area contributed by atoms with E-state index in [0.29, 0.717) is 32.1 Å². The highest BCUT2D eigenvalue weighted by molar-refractivity contribution is 5.75. The Kier molecular flexibility index (Phi) is 9.88. The second kappa shape index (κ2) is 10.6. The van der Waals surface area contributed by atoms with Crippen LogP contribution in [0.1, 0.15) is 33.6 Å². The first-order chi connectivity index (χ1) is 8.97. The zero-order valence-electron chi connectivity index (χ0n) is 12.1. The predicted molar refractivity (Wildman–Crippen MR) is 73.1 cm³/mol. The number of aliphatic carboxylic acids is 1. The van der Waals surface area contributed by atoms with Crippen LogP contribution in [0.4, 0.5) is 4.79 Å². The summed E-state index contributed by atoms with van der Waals surface area (Å²) in [6.07, 6.45) is 1.34. The molecular formula is C13H26N2O4. The fourth-order valence-electron chi connectivity index (χ4n) is 1.50. The first-order valence-electron chi connectivity index (χ1n) is 6.79. The van der Waals surface area contributed by atoms with Crippen LogP contribution in [0.15, 0.2) is 0 Å². The normalized spacial score (nSPS) is 12.2. The molecule has 112 valence electrons. The van der Waals surface area contributed by atoms with E-state index in [1.807, 2.05) is 6.92 Å². The Bertz CT molecular complexity index is 269. The molecule has 0 aromatic carbocycles. The van der Waals surface area contributed by atoms with Crippen LogP contribution in [0, 0.1) is 11.8 Å². The van der Waals surface area contributed by atoms with E-state index in [0.717, 1.165) is 6.42 Å². The monoisotopic (exact) mass is 274 g/mol. The molecule has 0 saturated heterocycles. The number of carboxylic acids is 1. The van der Waals surface area contributed by atoms with Gasteiger partial charge < -0.3 is 20.5 Å². The highest BCUT2D eigenvalue weighted by atomic mass is 16.5. The van der Waals surface area contributed by atoms with Crippen molar-refractivity contribution in [1.82, 2.24) is 10.6 Å². The minimum absolute atomic E-state index is 0.155. The van der Waals surface area contributed by atoms with Gasteiger partial charge in [0, 0.05) is 19.7 Å². The maximum Gasteiger partial charge on any atom is 0.314 e. The number of amides is 2. The predicted octanol–water partition coefficient (Wildman–Crippen LogP) is 1.46. The molecule has 1 unspecified atom stereocenters. The van der Waals surface area contributed by atoms with Gasteiger partial charge in [-0.05, 0) is 12.3 Å². The summed E-state index contributed by atoms with van der Waals surface area (Å²) in [4.78, 5) is 22.3. The largest absolute Gasteiger partial charge is 0.481 e. The van der Waals surface area contributed by atoms with Gasteiger partial charge in [0.15, 0.2) is 0 Å². The van der Waals surface area contributed by atoms with Crippen LogP contribution in [0.5, 0.6) is 0 Å². The summed E-state index contributed by atoms with van der Waals surface area (Å²) in [5.41, 5.74) is 0. The van der Waals surface area contributed by atoms with Crippen molar-refractivity contribution in [2.45, 2.75) is 33.6 Å². The highest BCUT2D eigenvalue weighted by Crippen LogP contribution is 2.04. The molecule has 0 aromatic heterocycles. The summed E-state index contributed by atoms with van der Waals surface area (Å²) < 4.78 is 5.31. The first kappa shape index (κ1) is 17.7. The maximum absolute atomic E-state index is 11.4. The topological polar surface area (TPSA) is 87.7 Å². The standard InChI is InChI=1S/C13H26N2O4/c1-4-5-11(12(16)17)8-15-13(18)14-6-7-19-9-10(2)3/h10-11H,4-9H2,1-3H3,(H,16,17)(H2,14,15,18). The lowest BCUT2D eigenvalue weighted by Crippen LogP contribution is -2.41. The molecule has 0 heterocycles. The Hall–Kier alpha value is -1.30. The van der Waals surface area contributed by atoms with Crippen LogP contribution in [-0.2, 0) is 9.53 Å². The average Bonchev–Trinajstić information content (AvgIpc) is 2.33. The van der Waals surface area contributed by atoms with E-state index in [9.17, 15) is 9.59 Å². The molecule has 1 atom stereocenters. The third-order valence-electron chi connectivity index (χ3n) is 2.48. The number of nitrogens with one attached hydrogen (secondary N) is 2. The summed E-state index contributed by atoms with van der Waals surface area (Å²) in [5, 5.41) is 14.1. The van der Waals surface area contributed by atoms with Crippen molar-refractivity contribution in [3.8, 4) is 0 Å². The molecule has 0 aliphatic heterocycles. The van der Waals surface area contributed by atoms with Crippen molar-refractivity contribution in [3.63, 3.8) is 0 Å². The molecule has 6 nitrogen and oxygen atoms in total. The Morgan fingerprint density at radius 1 is 1.26 bits per heavy atom. The molecule has 6 heteroatoms. The minimum atomic E-state index is -0.873. The van der Waals surface area contributed by atoms with E-state index in [2.05, 4.69) is 24.5 Å². The zero-order valence-corrected chi connectivity index (χ0v) is 12.1. The summed E-state index contributed by atoms with van der Waals surface area (Å²) >= 11 is 0. The van der Waals surface area contributed by atoms with Crippen LogP contribution in [0.2, 0.25) is 0 Å².